The number of hydrogen-bond donors (Lipinski definition) is 1. The number of piperidine rings is 1. The average Bonchev–Trinajstić information content (AvgIpc) is 2.42. The third kappa shape index (κ3) is 5.07. The van der Waals surface area contributed by atoms with Gasteiger partial charge >= 0.3 is 0 Å². The number of nitrogens with zero attached hydrogens (tertiary/aromatic N) is 2. The molecule has 116 valence electrons. The van der Waals surface area contributed by atoms with Crippen molar-refractivity contribution < 1.29 is 0 Å². The van der Waals surface area contributed by atoms with Crippen LogP contribution in [0.15, 0.2) is 0 Å². The van der Waals surface area contributed by atoms with Crippen LogP contribution < -0.4 is 5.32 Å². The second kappa shape index (κ2) is 8.00. The third-order valence-corrected chi connectivity index (χ3v) is 4.85. The maximum Gasteiger partial charge on any atom is 0.103 e. The summed E-state index contributed by atoms with van der Waals surface area (Å²) in [5.41, 5.74) is -0.355. The van der Waals surface area contributed by atoms with E-state index < -0.39 is 0 Å². The van der Waals surface area contributed by atoms with Crippen LogP contribution in [-0.4, -0.2) is 36.1 Å². The molecule has 1 aliphatic heterocycles. The van der Waals surface area contributed by atoms with Gasteiger partial charge in [-0.25, -0.2) is 0 Å². The molecule has 1 N–H and O–H groups in total. The van der Waals surface area contributed by atoms with E-state index in [1.54, 1.807) is 0 Å². The Morgan fingerprint density at radius 1 is 1.35 bits per heavy atom. The molecule has 3 heteroatoms. The first-order chi connectivity index (χ1) is 9.41. The Hall–Kier alpha value is -0.590. The van der Waals surface area contributed by atoms with Crippen molar-refractivity contribution in [1.29, 1.82) is 5.26 Å². The van der Waals surface area contributed by atoms with Gasteiger partial charge < -0.3 is 4.90 Å². The molecule has 4 atom stereocenters. The molecular weight excluding hydrogens is 246 g/mol. The minimum absolute atomic E-state index is 0.355. The van der Waals surface area contributed by atoms with Crippen LogP contribution >= 0.6 is 0 Å². The average molecular weight is 279 g/mol. The molecule has 4 unspecified atom stereocenters. The molecule has 0 radical (unpaired) electrons. The molecule has 0 aliphatic carbocycles. The largest absolute Gasteiger partial charge is 0.300 e. The summed E-state index contributed by atoms with van der Waals surface area (Å²) in [6.07, 6.45) is 4.47. The van der Waals surface area contributed by atoms with Crippen LogP contribution in [0.4, 0.5) is 0 Å². The molecule has 1 fully saturated rings. The summed E-state index contributed by atoms with van der Waals surface area (Å²) in [5, 5.41) is 12.7. The van der Waals surface area contributed by atoms with Gasteiger partial charge in [0.2, 0.25) is 0 Å². The maximum absolute atomic E-state index is 9.36. The lowest BCUT2D eigenvalue weighted by Gasteiger charge is -2.41. The fourth-order valence-electron chi connectivity index (χ4n) is 3.35. The van der Waals surface area contributed by atoms with Crippen molar-refractivity contribution in [2.45, 2.75) is 71.9 Å². The number of nitriles is 1. The molecule has 0 amide bonds. The minimum atomic E-state index is -0.355. The van der Waals surface area contributed by atoms with Crippen LogP contribution in [0.1, 0.15) is 60.3 Å². The van der Waals surface area contributed by atoms with Crippen LogP contribution in [0.3, 0.4) is 0 Å². The Morgan fingerprint density at radius 3 is 2.65 bits per heavy atom. The van der Waals surface area contributed by atoms with E-state index in [1.807, 2.05) is 6.92 Å². The molecule has 1 aliphatic rings. The lowest BCUT2D eigenvalue weighted by atomic mass is 9.85. The second-order valence-electron chi connectivity index (χ2n) is 7.03. The van der Waals surface area contributed by atoms with Crippen molar-refractivity contribution in [3.63, 3.8) is 0 Å². The zero-order valence-electron chi connectivity index (χ0n) is 14.1. The molecule has 0 saturated carbocycles. The first kappa shape index (κ1) is 17.5. The fraction of sp³-hybridized carbons (Fsp3) is 0.941. The van der Waals surface area contributed by atoms with Gasteiger partial charge in [0, 0.05) is 12.6 Å². The quantitative estimate of drug-likeness (QED) is 0.776. The van der Waals surface area contributed by atoms with E-state index in [2.05, 4.69) is 44.0 Å². The van der Waals surface area contributed by atoms with Crippen molar-refractivity contribution >= 4 is 0 Å². The molecular formula is C17H33N3. The zero-order chi connectivity index (χ0) is 15.2. The third-order valence-electron chi connectivity index (χ3n) is 4.85. The Morgan fingerprint density at radius 2 is 2.05 bits per heavy atom. The number of nitrogens with one attached hydrogen (secondary N) is 1. The summed E-state index contributed by atoms with van der Waals surface area (Å²) in [7, 11) is 0. The molecule has 0 aromatic heterocycles. The normalized spacial score (nSPS) is 30.7. The molecule has 0 bridgehead atoms. The van der Waals surface area contributed by atoms with E-state index in [0.29, 0.717) is 6.04 Å². The van der Waals surface area contributed by atoms with Gasteiger partial charge in [-0.1, -0.05) is 20.8 Å². The van der Waals surface area contributed by atoms with Gasteiger partial charge in [0.25, 0.3) is 0 Å². The summed E-state index contributed by atoms with van der Waals surface area (Å²) in [6.45, 7) is 14.5. The van der Waals surface area contributed by atoms with Gasteiger partial charge in [-0.3, -0.25) is 5.32 Å². The Bertz CT molecular complexity index is 323. The number of likely N-dealkylation sites (tertiary alicyclic amines) is 1. The van der Waals surface area contributed by atoms with Crippen LogP contribution in [0, 0.1) is 23.2 Å². The first-order valence-corrected chi connectivity index (χ1v) is 8.32. The topological polar surface area (TPSA) is 39.1 Å². The molecule has 1 saturated heterocycles. The smallest absolute Gasteiger partial charge is 0.103 e. The van der Waals surface area contributed by atoms with Gasteiger partial charge in [-0.2, -0.15) is 5.26 Å². The van der Waals surface area contributed by atoms with E-state index in [-0.39, 0.29) is 5.54 Å². The summed E-state index contributed by atoms with van der Waals surface area (Å²) in [5.74, 6) is 1.60. The van der Waals surface area contributed by atoms with Gasteiger partial charge in [0.1, 0.15) is 5.54 Å². The molecule has 0 aromatic carbocycles. The van der Waals surface area contributed by atoms with Crippen molar-refractivity contribution in [3.05, 3.63) is 0 Å². The molecule has 3 nitrogen and oxygen atoms in total. The predicted molar refractivity (Wildman–Crippen MR) is 85.5 cm³/mol. The molecule has 0 spiro atoms. The molecule has 1 heterocycles. The number of hydrogen-bond acceptors (Lipinski definition) is 3. The minimum Gasteiger partial charge on any atom is -0.300 e. The SMILES string of the molecule is CCCNC(C)(C#N)CCCN1CC(C)CC(C)C1C. The zero-order valence-corrected chi connectivity index (χ0v) is 14.1. The lowest BCUT2D eigenvalue weighted by Crippen LogP contribution is -2.47. The summed E-state index contributed by atoms with van der Waals surface area (Å²) in [4.78, 5) is 2.62. The Kier molecular flexibility index (Phi) is 6.99. The highest BCUT2D eigenvalue weighted by Crippen LogP contribution is 2.27. The van der Waals surface area contributed by atoms with Gasteiger partial charge in [-0.15, -0.1) is 0 Å². The van der Waals surface area contributed by atoms with Crippen LogP contribution in [0.5, 0.6) is 0 Å². The fourth-order valence-corrected chi connectivity index (χ4v) is 3.35. The number of rotatable bonds is 7. The van der Waals surface area contributed by atoms with E-state index >= 15 is 0 Å². The molecule has 1 rings (SSSR count). The van der Waals surface area contributed by atoms with Crippen molar-refractivity contribution in [2.24, 2.45) is 11.8 Å². The van der Waals surface area contributed by atoms with Crippen LogP contribution in [-0.2, 0) is 0 Å². The van der Waals surface area contributed by atoms with E-state index in [4.69, 9.17) is 0 Å². The highest BCUT2D eigenvalue weighted by molar-refractivity contribution is 5.03. The van der Waals surface area contributed by atoms with Crippen LogP contribution in [0.2, 0.25) is 0 Å². The second-order valence-corrected chi connectivity index (χ2v) is 7.03. The van der Waals surface area contributed by atoms with E-state index in [1.165, 1.54) is 13.0 Å². The summed E-state index contributed by atoms with van der Waals surface area (Å²) < 4.78 is 0. The molecule has 20 heavy (non-hydrogen) atoms. The van der Waals surface area contributed by atoms with Crippen molar-refractivity contribution in [2.75, 3.05) is 19.6 Å². The molecule has 0 aromatic rings. The maximum atomic E-state index is 9.36. The first-order valence-electron chi connectivity index (χ1n) is 8.32. The van der Waals surface area contributed by atoms with E-state index in [9.17, 15) is 5.26 Å². The van der Waals surface area contributed by atoms with Gasteiger partial charge in [0.05, 0.1) is 6.07 Å². The Balaban J connectivity index is 2.40. The van der Waals surface area contributed by atoms with Gasteiger partial charge in [0.15, 0.2) is 0 Å². The lowest BCUT2D eigenvalue weighted by molar-refractivity contribution is 0.0768. The predicted octanol–water partition coefficient (Wildman–Crippen LogP) is 3.41. The summed E-state index contributed by atoms with van der Waals surface area (Å²) >= 11 is 0. The van der Waals surface area contributed by atoms with Gasteiger partial charge in [-0.05, 0) is 64.5 Å². The van der Waals surface area contributed by atoms with E-state index in [0.717, 1.165) is 44.2 Å². The van der Waals surface area contributed by atoms with Crippen LogP contribution in [0.25, 0.3) is 0 Å². The van der Waals surface area contributed by atoms with Crippen molar-refractivity contribution in [3.8, 4) is 6.07 Å². The van der Waals surface area contributed by atoms with Crippen molar-refractivity contribution in [1.82, 2.24) is 10.2 Å². The highest BCUT2D eigenvalue weighted by Gasteiger charge is 2.29. The monoisotopic (exact) mass is 279 g/mol. The Labute approximate surface area is 125 Å². The highest BCUT2D eigenvalue weighted by atomic mass is 15.2. The standard InChI is InChI=1S/C17H33N3/c1-6-9-19-17(5,13-18)8-7-10-20-12-14(2)11-15(3)16(20)4/h14-16,19H,6-12H2,1-5H3. The summed E-state index contributed by atoms with van der Waals surface area (Å²) in [6, 6.07) is 3.13.